The Morgan fingerprint density at radius 2 is 2.00 bits per heavy atom. The van der Waals surface area contributed by atoms with Gasteiger partial charge in [0, 0.05) is 0 Å². The molecule has 0 bridgehead atoms. The highest BCUT2D eigenvalue weighted by molar-refractivity contribution is 6.42. The highest BCUT2D eigenvalue weighted by atomic mass is 35.5. The number of hydrogen-bond acceptors (Lipinski definition) is 1. The van der Waals surface area contributed by atoms with E-state index in [1.54, 1.807) is 6.07 Å². The maximum absolute atomic E-state index is 9.60. The fourth-order valence-electron chi connectivity index (χ4n) is 3.02. The highest BCUT2D eigenvalue weighted by Crippen LogP contribution is 2.43. The molecule has 0 amide bonds. The summed E-state index contributed by atoms with van der Waals surface area (Å²) < 4.78 is 0. The molecule has 1 nitrogen and oxygen atoms in total. The van der Waals surface area contributed by atoms with Crippen LogP contribution in [0.25, 0.3) is 0 Å². The van der Waals surface area contributed by atoms with Crippen molar-refractivity contribution >= 4 is 23.2 Å². The fraction of sp³-hybridized carbons (Fsp3) is 0.562. The van der Waals surface area contributed by atoms with E-state index in [0.29, 0.717) is 10.0 Å². The van der Waals surface area contributed by atoms with Gasteiger partial charge in [-0.15, -0.1) is 0 Å². The normalized spacial score (nSPS) is 26.9. The second-order valence-corrected chi connectivity index (χ2v) is 6.42. The third kappa shape index (κ3) is 3.25. The number of hydrogen-bond donors (Lipinski definition) is 0. The minimum absolute atomic E-state index is 0.250. The molecule has 1 fully saturated rings. The van der Waals surface area contributed by atoms with Crippen LogP contribution >= 0.6 is 23.2 Å². The summed E-state index contributed by atoms with van der Waals surface area (Å²) in [5.41, 5.74) is 0.755. The molecule has 0 N–H and O–H groups in total. The van der Waals surface area contributed by atoms with E-state index in [9.17, 15) is 5.26 Å². The topological polar surface area (TPSA) is 23.8 Å². The van der Waals surface area contributed by atoms with Gasteiger partial charge < -0.3 is 0 Å². The van der Waals surface area contributed by atoms with Gasteiger partial charge in [0.15, 0.2) is 0 Å². The van der Waals surface area contributed by atoms with E-state index in [2.05, 4.69) is 13.0 Å². The molecule has 0 radical (unpaired) electrons. The Balaban J connectivity index is 2.16. The predicted molar refractivity (Wildman–Crippen MR) is 80.5 cm³/mol. The van der Waals surface area contributed by atoms with E-state index >= 15 is 0 Å². The van der Waals surface area contributed by atoms with Gasteiger partial charge in [0.1, 0.15) is 0 Å². The first-order chi connectivity index (χ1) is 9.10. The quantitative estimate of drug-likeness (QED) is 0.707. The van der Waals surface area contributed by atoms with Crippen molar-refractivity contribution in [2.24, 2.45) is 11.3 Å². The van der Waals surface area contributed by atoms with Crippen LogP contribution in [0.3, 0.4) is 0 Å². The molecule has 3 heteroatoms. The second kappa shape index (κ2) is 6.16. The molecule has 1 saturated carbocycles. The van der Waals surface area contributed by atoms with Gasteiger partial charge in [-0.25, -0.2) is 0 Å². The van der Waals surface area contributed by atoms with Gasteiger partial charge in [0.05, 0.1) is 21.5 Å². The van der Waals surface area contributed by atoms with Crippen LogP contribution in [0, 0.1) is 22.7 Å². The molecule has 0 unspecified atom stereocenters. The molecule has 0 aliphatic heterocycles. The first-order valence-electron chi connectivity index (χ1n) is 6.94. The van der Waals surface area contributed by atoms with Crippen LogP contribution < -0.4 is 0 Å². The smallest absolute Gasteiger partial charge is 0.0693 e. The Morgan fingerprint density at radius 1 is 1.32 bits per heavy atom. The predicted octanol–water partition coefficient (Wildman–Crippen LogP) is 5.65. The zero-order chi connectivity index (χ0) is 13.9. The summed E-state index contributed by atoms with van der Waals surface area (Å²) in [7, 11) is 0. The van der Waals surface area contributed by atoms with Crippen LogP contribution in [0.1, 0.15) is 44.6 Å². The van der Waals surface area contributed by atoms with Crippen LogP contribution in [-0.2, 0) is 6.42 Å². The highest BCUT2D eigenvalue weighted by Gasteiger charge is 2.35. The summed E-state index contributed by atoms with van der Waals surface area (Å²) in [6.07, 6.45) is 6.21. The molecule has 1 aromatic rings. The van der Waals surface area contributed by atoms with Crippen molar-refractivity contribution in [3.8, 4) is 6.07 Å². The van der Waals surface area contributed by atoms with Gasteiger partial charge >= 0.3 is 0 Å². The lowest BCUT2D eigenvalue weighted by atomic mass is 9.68. The Morgan fingerprint density at radius 3 is 2.58 bits per heavy atom. The number of rotatable bonds is 3. The number of nitrogens with zero attached hydrogens (tertiary/aromatic N) is 1. The van der Waals surface area contributed by atoms with E-state index in [1.807, 2.05) is 12.1 Å². The number of benzene rings is 1. The standard InChI is InChI=1S/C16H19Cl2N/c1-2-12-6-8-16(11-19,9-7-12)10-13-4-3-5-14(17)15(13)18/h3-5,12H,2,6-10H2,1H3. The van der Waals surface area contributed by atoms with E-state index < -0.39 is 0 Å². The summed E-state index contributed by atoms with van der Waals surface area (Å²) in [6, 6.07) is 8.24. The van der Waals surface area contributed by atoms with Crippen molar-refractivity contribution < 1.29 is 0 Å². The van der Waals surface area contributed by atoms with Crippen molar-refractivity contribution in [3.63, 3.8) is 0 Å². The van der Waals surface area contributed by atoms with Gasteiger partial charge in [-0.1, -0.05) is 48.7 Å². The molecule has 19 heavy (non-hydrogen) atoms. The molecule has 0 saturated heterocycles. The summed E-state index contributed by atoms with van der Waals surface area (Å²) in [4.78, 5) is 0. The van der Waals surface area contributed by atoms with Crippen molar-refractivity contribution in [1.82, 2.24) is 0 Å². The molecule has 1 aliphatic carbocycles. The summed E-state index contributed by atoms with van der Waals surface area (Å²) in [5.74, 6) is 0.788. The molecule has 0 atom stereocenters. The molecular weight excluding hydrogens is 277 g/mol. The average Bonchev–Trinajstić information content (AvgIpc) is 2.45. The van der Waals surface area contributed by atoms with Crippen LogP contribution in [0.5, 0.6) is 0 Å². The monoisotopic (exact) mass is 295 g/mol. The molecule has 1 aliphatic rings. The van der Waals surface area contributed by atoms with E-state index in [1.165, 1.54) is 6.42 Å². The molecule has 0 heterocycles. The van der Waals surface area contributed by atoms with E-state index in [0.717, 1.165) is 43.6 Å². The van der Waals surface area contributed by atoms with Crippen LogP contribution in [0.15, 0.2) is 18.2 Å². The minimum atomic E-state index is -0.250. The number of halogens is 2. The molecule has 1 aromatic carbocycles. The lowest BCUT2D eigenvalue weighted by Crippen LogP contribution is -2.28. The van der Waals surface area contributed by atoms with Gasteiger partial charge in [-0.05, 0) is 49.7 Å². The van der Waals surface area contributed by atoms with Gasteiger partial charge in [0.25, 0.3) is 0 Å². The summed E-state index contributed by atoms with van der Waals surface area (Å²) >= 11 is 12.3. The molecule has 2 rings (SSSR count). The molecular formula is C16H19Cl2N. The third-order valence-corrected chi connectivity index (χ3v) is 5.30. The fourth-order valence-corrected chi connectivity index (χ4v) is 3.40. The maximum Gasteiger partial charge on any atom is 0.0693 e. The first kappa shape index (κ1) is 14.7. The van der Waals surface area contributed by atoms with Gasteiger partial charge in [-0.2, -0.15) is 5.26 Å². The Kier molecular flexibility index (Phi) is 4.76. The second-order valence-electron chi connectivity index (χ2n) is 5.63. The SMILES string of the molecule is CCC1CCC(C#N)(Cc2cccc(Cl)c2Cl)CC1. The Labute approximate surface area is 125 Å². The third-order valence-electron chi connectivity index (χ3n) is 4.44. The van der Waals surface area contributed by atoms with E-state index in [4.69, 9.17) is 23.2 Å². The maximum atomic E-state index is 9.60. The summed E-state index contributed by atoms with van der Waals surface area (Å²) in [5, 5.41) is 10.8. The lowest BCUT2D eigenvalue weighted by Gasteiger charge is -2.35. The zero-order valence-electron chi connectivity index (χ0n) is 11.3. The zero-order valence-corrected chi connectivity index (χ0v) is 12.8. The minimum Gasteiger partial charge on any atom is -0.198 e. The average molecular weight is 296 g/mol. The molecule has 102 valence electrons. The molecule has 0 spiro atoms. The van der Waals surface area contributed by atoms with Crippen molar-refractivity contribution in [2.45, 2.75) is 45.4 Å². The Hall–Kier alpha value is -0.710. The lowest BCUT2D eigenvalue weighted by molar-refractivity contribution is 0.205. The number of nitriles is 1. The molecule has 0 aromatic heterocycles. The van der Waals surface area contributed by atoms with Gasteiger partial charge in [-0.3, -0.25) is 0 Å². The van der Waals surface area contributed by atoms with Crippen LogP contribution in [0.4, 0.5) is 0 Å². The Bertz CT molecular complexity index is 482. The first-order valence-corrected chi connectivity index (χ1v) is 7.70. The van der Waals surface area contributed by atoms with Crippen molar-refractivity contribution in [3.05, 3.63) is 33.8 Å². The summed E-state index contributed by atoms with van der Waals surface area (Å²) in [6.45, 7) is 2.23. The van der Waals surface area contributed by atoms with Crippen molar-refractivity contribution in [1.29, 1.82) is 5.26 Å². The van der Waals surface area contributed by atoms with Crippen LogP contribution in [-0.4, -0.2) is 0 Å². The van der Waals surface area contributed by atoms with Crippen LogP contribution in [0.2, 0.25) is 10.0 Å². The van der Waals surface area contributed by atoms with E-state index in [-0.39, 0.29) is 5.41 Å². The van der Waals surface area contributed by atoms with Crippen molar-refractivity contribution in [2.75, 3.05) is 0 Å². The largest absolute Gasteiger partial charge is 0.198 e. The van der Waals surface area contributed by atoms with Gasteiger partial charge in [0.2, 0.25) is 0 Å².